The first-order valence-electron chi connectivity index (χ1n) is 5.50. The second-order valence-corrected chi connectivity index (χ2v) is 4.59. The van der Waals surface area contributed by atoms with Crippen molar-refractivity contribution in [2.75, 3.05) is 44.8 Å². The summed E-state index contributed by atoms with van der Waals surface area (Å²) in [6.07, 6.45) is 0. The number of nitrogen functional groups attached to an aromatic ring is 1. The number of nitrogens with zero attached hydrogens (tertiary/aromatic N) is 2. The molecule has 0 saturated carbocycles. The molecular weight excluding hydrogens is 238 g/mol. The molecule has 0 aliphatic rings. The molecule has 0 saturated heterocycles. The van der Waals surface area contributed by atoms with Crippen LogP contribution in [0.4, 0.5) is 10.9 Å². The molecule has 0 aliphatic carbocycles. The molecule has 0 aromatic carbocycles. The maximum Gasteiger partial charge on any atom is 0.267 e. The first-order chi connectivity index (χ1) is 8.10. The molecule has 0 unspecified atom stereocenters. The van der Waals surface area contributed by atoms with Gasteiger partial charge in [0.05, 0.1) is 0 Å². The first kappa shape index (κ1) is 13.7. The number of likely N-dealkylation sites (N-methyl/N-ethyl adjacent to an activating group) is 2. The van der Waals surface area contributed by atoms with Gasteiger partial charge in [0.1, 0.15) is 10.7 Å². The number of carbonyl (C=O) groups excluding carboxylic acids is 1. The Morgan fingerprint density at radius 1 is 1.59 bits per heavy atom. The van der Waals surface area contributed by atoms with Crippen LogP contribution in [-0.2, 0) is 0 Å². The zero-order chi connectivity index (χ0) is 12.8. The van der Waals surface area contributed by atoms with Crippen molar-refractivity contribution < 1.29 is 4.79 Å². The summed E-state index contributed by atoms with van der Waals surface area (Å²) < 4.78 is 0. The van der Waals surface area contributed by atoms with E-state index in [1.54, 1.807) is 11.9 Å². The molecular formula is C10H19N5OS. The van der Waals surface area contributed by atoms with Gasteiger partial charge in [-0.25, -0.2) is 4.98 Å². The number of aromatic nitrogens is 1. The van der Waals surface area contributed by atoms with Crippen LogP contribution < -0.4 is 16.4 Å². The number of thiazole rings is 1. The summed E-state index contributed by atoms with van der Waals surface area (Å²) in [4.78, 5) is 18.3. The smallest absolute Gasteiger partial charge is 0.267 e. The number of hydrogen-bond donors (Lipinski definition) is 3. The molecule has 0 aliphatic heterocycles. The molecule has 1 aromatic heterocycles. The van der Waals surface area contributed by atoms with E-state index in [1.165, 1.54) is 11.3 Å². The lowest BCUT2D eigenvalue weighted by molar-refractivity contribution is 0.0802. The quantitative estimate of drug-likeness (QED) is 0.689. The third-order valence-electron chi connectivity index (χ3n) is 2.22. The van der Waals surface area contributed by atoms with Crippen molar-refractivity contribution in [2.24, 2.45) is 0 Å². The number of amides is 1. The number of hydrogen-bond acceptors (Lipinski definition) is 6. The summed E-state index contributed by atoms with van der Waals surface area (Å²) in [5.74, 6) is 0.215. The minimum atomic E-state index is -0.0839. The highest BCUT2D eigenvalue weighted by molar-refractivity contribution is 7.18. The van der Waals surface area contributed by atoms with Crippen molar-refractivity contribution in [3.63, 3.8) is 0 Å². The lowest BCUT2D eigenvalue weighted by atomic mass is 10.4. The Labute approximate surface area is 105 Å². The predicted octanol–water partition coefficient (Wildman–Crippen LogP) is 0.448. The van der Waals surface area contributed by atoms with Gasteiger partial charge in [-0.15, -0.1) is 0 Å². The fourth-order valence-electron chi connectivity index (χ4n) is 1.27. The number of anilines is 2. The average Bonchev–Trinajstić information content (AvgIpc) is 2.66. The van der Waals surface area contributed by atoms with Gasteiger partial charge in [0.2, 0.25) is 0 Å². The Morgan fingerprint density at radius 3 is 2.88 bits per heavy atom. The summed E-state index contributed by atoms with van der Waals surface area (Å²) >= 11 is 1.30. The van der Waals surface area contributed by atoms with E-state index in [1.807, 2.05) is 14.0 Å². The summed E-state index contributed by atoms with van der Waals surface area (Å²) in [5.41, 5.74) is 5.74. The number of nitrogens with two attached hydrogens (primary N) is 1. The van der Waals surface area contributed by atoms with Crippen LogP contribution in [0.15, 0.2) is 0 Å². The second-order valence-electron chi connectivity index (χ2n) is 3.59. The van der Waals surface area contributed by atoms with Gasteiger partial charge in [0.25, 0.3) is 5.91 Å². The third kappa shape index (κ3) is 3.57. The number of carbonyl (C=O) groups is 1. The average molecular weight is 257 g/mol. The summed E-state index contributed by atoms with van der Waals surface area (Å²) in [7, 11) is 3.61. The van der Waals surface area contributed by atoms with Gasteiger partial charge >= 0.3 is 0 Å². The van der Waals surface area contributed by atoms with E-state index in [4.69, 9.17) is 5.73 Å². The molecule has 4 N–H and O–H groups in total. The molecule has 1 aromatic rings. The fraction of sp³-hybridized carbons (Fsp3) is 0.600. The van der Waals surface area contributed by atoms with Gasteiger partial charge in [-0.3, -0.25) is 4.79 Å². The van der Waals surface area contributed by atoms with E-state index in [-0.39, 0.29) is 5.91 Å². The lowest BCUT2D eigenvalue weighted by Crippen LogP contribution is -2.32. The second kappa shape index (κ2) is 6.41. The van der Waals surface area contributed by atoms with Crippen molar-refractivity contribution in [1.29, 1.82) is 0 Å². The third-order valence-corrected chi connectivity index (χ3v) is 3.24. The largest absolute Gasteiger partial charge is 0.382 e. The molecule has 0 fully saturated rings. The molecule has 1 rings (SSSR count). The Hall–Kier alpha value is -1.34. The predicted molar refractivity (Wildman–Crippen MR) is 71.6 cm³/mol. The molecule has 96 valence electrons. The maximum atomic E-state index is 12.0. The van der Waals surface area contributed by atoms with Gasteiger partial charge in [-0.2, -0.15) is 0 Å². The normalized spacial score (nSPS) is 10.3. The van der Waals surface area contributed by atoms with E-state index in [0.717, 1.165) is 13.1 Å². The Balaban J connectivity index is 2.73. The summed E-state index contributed by atoms with van der Waals surface area (Å²) in [6, 6.07) is 0. The molecule has 0 atom stereocenters. The van der Waals surface area contributed by atoms with E-state index in [2.05, 4.69) is 15.6 Å². The summed E-state index contributed by atoms with van der Waals surface area (Å²) in [5, 5.41) is 6.74. The molecule has 17 heavy (non-hydrogen) atoms. The van der Waals surface area contributed by atoms with Crippen LogP contribution in [-0.4, -0.2) is 49.5 Å². The summed E-state index contributed by atoms with van der Waals surface area (Å²) in [6.45, 7) is 4.12. The van der Waals surface area contributed by atoms with Crippen LogP contribution in [0.25, 0.3) is 0 Å². The fourth-order valence-corrected chi connectivity index (χ4v) is 2.21. The van der Waals surface area contributed by atoms with Crippen molar-refractivity contribution >= 4 is 28.2 Å². The van der Waals surface area contributed by atoms with E-state index >= 15 is 0 Å². The topological polar surface area (TPSA) is 83.3 Å². The lowest BCUT2D eigenvalue weighted by Gasteiger charge is -2.15. The van der Waals surface area contributed by atoms with E-state index in [0.29, 0.717) is 22.4 Å². The molecule has 7 heteroatoms. The monoisotopic (exact) mass is 257 g/mol. The molecule has 0 bridgehead atoms. The van der Waals surface area contributed by atoms with Crippen LogP contribution in [0.5, 0.6) is 0 Å². The van der Waals surface area contributed by atoms with E-state index in [9.17, 15) is 4.79 Å². The van der Waals surface area contributed by atoms with Crippen molar-refractivity contribution in [2.45, 2.75) is 6.92 Å². The standard InChI is InChI=1S/C10H19N5OS/c1-4-13-10-14-8(11)7(17-10)9(16)15(3)6-5-12-2/h12H,4-6,11H2,1-3H3,(H,13,14). The minimum Gasteiger partial charge on any atom is -0.382 e. The molecule has 1 heterocycles. The SMILES string of the molecule is CCNc1nc(N)c(C(=O)N(C)CCNC)s1. The zero-order valence-corrected chi connectivity index (χ0v) is 11.2. The highest BCUT2D eigenvalue weighted by atomic mass is 32.1. The molecule has 6 nitrogen and oxygen atoms in total. The maximum absolute atomic E-state index is 12.0. The first-order valence-corrected chi connectivity index (χ1v) is 6.32. The van der Waals surface area contributed by atoms with Crippen LogP contribution >= 0.6 is 11.3 Å². The zero-order valence-electron chi connectivity index (χ0n) is 10.4. The van der Waals surface area contributed by atoms with E-state index < -0.39 is 0 Å². The van der Waals surface area contributed by atoms with Gasteiger partial charge in [-0.05, 0) is 14.0 Å². The molecule has 0 radical (unpaired) electrons. The van der Waals surface area contributed by atoms with Gasteiger partial charge < -0.3 is 21.3 Å². The van der Waals surface area contributed by atoms with Crippen LogP contribution in [0.3, 0.4) is 0 Å². The van der Waals surface area contributed by atoms with Crippen LogP contribution in [0, 0.1) is 0 Å². The molecule has 0 spiro atoms. The van der Waals surface area contributed by atoms with Gasteiger partial charge in [-0.1, -0.05) is 11.3 Å². The molecule has 1 amide bonds. The minimum absolute atomic E-state index is 0.0839. The Kier molecular flexibility index (Phi) is 5.17. The highest BCUT2D eigenvalue weighted by Gasteiger charge is 2.19. The van der Waals surface area contributed by atoms with Crippen LogP contribution in [0.2, 0.25) is 0 Å². The Morgan fingerprint density at radius 2 is 2.29 bits per heavy atom. The van der Waals surface area contributed by atoms with Crippen molar-refractivity contribution in [3.05, 3.63) is 4.88 Å². The highest BCUT2D eigenvalue weighted by Crippen LogP contribution is 2.25. The van der Waals surface area contributed by atoms with Crippen molar-refractivity contribution in [1.82, 2.24) is 15.2 Å². The van der Waals surface area contributed by atoms with Gasteiger partial charge in [0, 0.05) is 26.7 Å². The van der Waals surface area contributed by atoms with Crippen LogP contribution in [0.1, 0.15) is 16.6 Å². The van der Waals surface area contributed by atoms with Crippen molar-refractivity contribution in [3.8, 4) is 0 Å². The number of rotatable bonds is 6. The number of nitrogens with one attached hydrogen (secondary N) is 2. The van der Waals surface area contributed by atoms with Gasteiger partial charge in [0.15, 0.2) is 5.13 Å². The Bertz CT molecular complexity index is 379.